The fourth-order valence-corrected chi connectivity index (χ4v) is 4.46. The molecule has 1 aliphatic heterocycles. The molecule has 1 fully saturated rings. The summed E-state index contributed by atoms with van der Waals surface area (Å²) in [5, 5.41) is 0. The Labute approximate surface area is 202 Å². The first-order valence-electron chi connectivity index (χ1n) is 12.5. The third-order valence-corrected chi connectivity index (χ3v) is 6.48. The molecular formula is C28H39F3O3. The van der Waals surface area contributed by atoms with Gasteiger partial charge < -0.3 is 14.2 Å². The molecule has 0 aromatic heterocycles. The van der Waals surface area contributed by atoms with Gasteiger partial charge in [-0.05, 0) is 36.3 Å². The SMILES string of the molecule is C=C(OC)/C(F)=C1/Oc2c(cc(OCC3CCC(CCCCC)CC3)c(F)c2F)CC1=C.CC. The van der Waals surface area contributed by atoms with Gasteiger partial charge in [-0.15, -0.1) is 0 Å². The lowest BCUT2D eigenvalue weighted by atomic mass is 9.80. The highest BCUT2D eigenvalue weighted by Gasteiger charge is 2.30. The molecule has 0 N–H and O–H groups in total. The molecule has 0 amide bonds. The quantitative estimate of drug-likeness (QED) is 0.262. The highest BCUT2D eigenvalue weighted by molar-refractivity contribution is 5.52. The number of hydrogen-bond donors (Lipinski definition) is 0. The molecule has 190 valence electrons. The second kappa shape index (κ2) is 13.5. The molecule has 0 unspecified atom stereocenters. The molecule has 3 nitrogen and oxygen atoms in total. The van der Waals surface area contributed by atoms with E-state index in [0.29, 0.717) is 18.1 Å². The van der Waals surface area contributed by atoms with Crippen molar-refractivity contribution in [2.24, 2.45) is 11.8 Å². The van der Waals surface area contributed by atoms with Crippen LogP contribution in [-0.2, 0) is 11.2 Å². The lowest BCUT2D eigenvalue weighted by molar-refractivity contribution is 0.172. The van der Waals surface area contributed by atoms with E-state index in [0.717, 1.165) is 18.8 Å². The first-order valence-corrected chi connectivity index (χ1v) is 12.5. The van der Waals surface area contributed by atoms with Crippen LogP contribution in [-0.4, -0.2) is 13.7 Å². The van der Waals surface area contributed by atoms with Crippen LogP contribution >= 0.6 is 0 Å². The van der Waals surface area contributed by atoms with Crippen LogP contribution in [0, 0.1) is 23.5 Å². The maximum absolute atomic E-state index is 14.7. The van der Waals surface area contributed by atoms with Crippen molar-refractivity contribution in [3.63, 3.8) is 0 Å². The van der Waals surface area contributed by atoms with Gasteiger partial charge in [0.25, 0.3) is 0 Å². The summed E-state index contributed by atoms with van der Waals surface area (Å²) in [5.74, 6) is -3.18. The molecule has 0 bridgehead atoms. The average Bonchev–Trinajstić information content (AvgIpc) is 2.86. The van der Waals surface area contributed by atoms with Crippen LogP contribution in [0.5, 0.6) is 11.5 Å². The minimum Gasteiger partial charge on any atom is -0.494 e. The van der Waals surface area contributed by atoms with Gasteiger partial charge in [-0.25, -0.2) is 0 Å². The number of allylic oxidation sites excluding steroid dienone is 2. The normalized spacial score (nSPS) is 21.0. The van der Waals surface area contributed by atoms with Gasteiger partial charge in [-0.2, -0.15) is 13.2 Å². The predicted octanol–water partition coefficient (Wildman–Crippen LogP) is 8.59. The highest BCUT2D eigenvalue weighted by Crippen LogP contribution is 2.41. The third kappa shape index (κ3) is 6.83. The second-order valence-corrected chi connectivity index (χ2v) is 8.84. The Kier molecular flexibility index (Phi) is 11.1. The molecule has 1 aromatic rings. The number of benzene rings is 1. The molecule has 0 spiro atoms. The molecule has 0 atom stereocenters. The van der Waals surface area contributed by atoms with Crippen LogP contribution in [0.15, 0.2) is 42.1 Å². The van der Waals surface area contributed by atoms with E-state index in [1.165, 1.54) is 51.7 Å². The zero-order valence-corrected chi connectivity index (χ0v) is 21.1. The van der Waals surface area contributed by atoms with E-state index < -0.39 is 17.5 Å². The molecule has 2 aliphatic rings. The average molecular weight is 481 g/mol. The van der Waals surface area contributed by atoms with E-state index >= 15 is 0 Å². The van der Waals surface area contributed by atoms with Gasteiger partial charge in [0.1, 0.15) is 0 Å². The second-order valence-electron chi connectivity index (χ2n) is 8.84. The lowest BCUT2D eigenvalue weighted by Crippen LogP contribution is -2.21. The molecule has 1 aromatic carbocycles. The molecule has 3 rings (SSSR count). The number of methoxy groups -OCH3 is 1. The maximum atomic E-state index is 14.7. The van der Waals surface area contributed by atoms with Gasteiger partial charge in [-0.3, -0.25) is 0 Å². The Bertz CT molecular complexity index is 883. The Morgan fingerprint density at radius 1 is 1.09 bits per heavy atom. The van der Waals surface area contributed by atoms with Crippen molar-refractivity contribution < 1.29 is 27.4 Å². The van der Waals surface area contributed by atoms with Crippen LogP contribution in [0.3, 0.4) is 0 Å². The Morgan fingerprint density at radius 2 is 1.74 bits per heavy atom. The largest absolute Gasteiger partial charge is 0.494 e. The Hall–Kier alpha value is -2.37. The van der Waals surface area contributed by atoms with Gasteiger partial charge >= 0.3 is 0 Å². The van der Waals surface area contributed by atoms with Crippen LogP contribution in [0.1, 0.15) is 77.7 Å². The summed E-state index contributed by atoms with van der Waals surface area (Å²) in [4.78, 5) is 0. The Morgan fingerprint density at radius 3 is 2.35 bits per heavy atom. The number of halogens is 3. The molecule has 1 aliphatic carbocycles. The standard InChI is InChI=1S/C26H33F3O3.C2H6/c1-5-6-7-8-18-9-11-19(12-10-18)15-31-21-14-20-13-16(2)25(22(27)17(3)30-4)32-26(20)24(29)23(21)28;1-2/h14,18-19H,2-3,5-13,15H2,1,4H3;1-2H3/b25-22-;. The molecule has 0 radical (unpaired) electrons. The van der Waals surface area contributed by atoms with Gasteiger partial charge in [0.15, 0.2) is 23.0 Å². The van der Waals surface area contributed by atoms with E-state index in [-0.39, 0.29) is 35.0 Å². The smallest absolute Gasteiger partial charge is 0.207 e. The molecule has 34 heavy (non-hydrogen) atoms. The number of fused-ring (bicyclic) bond motifs is 1. The number of unbranched alkanes of at least 4 members (excludes halogenated alkanes) is 2. The van der Waals surface area contributed by atoms with Crippen LogP contribution in [0.2, 0.25) is 0 Å². The van der Waals surface area contributed by atoms with E-state index in [2.05, 4.69) is 20.1 Å². The fraction of sp³-hybridized carbons (Fsp3) is 0.571. The summed E-state index contributed by atoms with van der Waals surface area (Å²) >= 11 is 0. The number of ether oxygens (including phenoxy) is 3. The summed E-state index contributed by atoms with van der Waals surface area (Å²) in [6.45, 7) is 13.8. The first-order chi connectivity index (χ1) is 16.3. The van der Waals surface area contributed by atoms with Gasteiger partial charge in [0.05, 0.1) is 13.7 Å². The van der Waals surface area contributed by atoms with Crippen molar-refractivity contribution in [3.8, 4) is 11.5 Å². The van der Waals surface area contributed by atoms with E-state index in [9.17, 15) is 13.2 Å². The van der Waals surface area contributed by atoms with Gasteiger partial charge in [0.2, 0.25) is 17.5 Å². The van der Waals surface area contributed by atoms with Crippen molar-refractivity contribution >= 4 is 0 Å². The van der Waals surface area contributed by atoms with Crippen LogP contribution < -0.4 is 9.47 Å². The van der Waals surface area contributed by atoms with Crippen molar-refractivity contribution in [3.05, 3.63) is 59.3 Å². The molecule has 1 saturated carbocycles. The summed E-state index contributed by atoms with van der Waals surface area (Å²) in [5.41, 5.74) is 0.648. The highest BCUT2D eigenvalue weighted by atomic mass is 19.2. The zero-order chi connectivity index (χ0) is 25.3. The molecule has 1 heterocycles. The van der Waals surface area contributed by atoms with Crippen molar-refractivity contribution in [1.82, 2.24) is 0 Å². The first kappa shape index (κ1) is 27.9. The lowest BCUT2D eigenvalue weighted by Gasteiger charge is -2.29. The molecule has 6 heteroatoms. The van der Waals surface area contributed by atoms with E-state index in [1.54, 1.807) is 0 Å². The fourth-order valence-electron chi connectivity index (χ4n) is 4.46. The number of rotatable bonds is 9. The summed E-state index contributed by atoms with van der Waals surface area (Å²) in [7, 11) is 1.25. The molecule has 0 saturated heterocycles. The van der Waals surface area contributed by atoms with Gasteiger partial charge in [0, 0.05) is 12.0 Å². The summed E-state index contributed by atoms with van der Waals surface area (Å²) in [6.07, 6.45) is 9.61. The maximum Gasteiger partial charge on any atom is 0.207 e. The van der Waals surface area contributed by atoms with Crippen LogP contribution in [0.25, 0.3) is 0 Å². The van der Waals surface area contributed by atoms with Crippen molar-refractivity contribution in [2.75, 3.05) is 13.7 Å². The minimum absolute atomic E-state index is 0.103. The zero-order valence-electron chi connectivity index (χ0n) is 21.1. The third-order valence-electron chi connectivity index (χ3n) is 6.48. The Balaban J connectivity index is 0.00000199. The van der Waals surface area contributed by atoms with Crippen LogP contribution in [0.4, 0.5) is 13.2 Å². The predicted molar refractivity (Wildman–Crippen MR) is 131 cm³/mol. The van der Waals surface area contributed by atoms with Gasteiger partial charge in [-0.1, -0.05) is 72.5 Å². The summed E-state index contributed by atoms with van der Waals surface area (Å²) in [6, 6.07) is 1.43. The summed E-state index contributed by atoms with van der Waals surface area (Å²) < 4.78 is 59.6. The molecular weight excluding hydrogens is 441 g/mol. The van der Waals surface area contributed by atoms with E-state index in [4.69, 9.17) is 14.2 Å². The van der Waals surface area contributed by atoms with Crippen molar-refractivity contribution in [1.29, 1.82) is 0 Å². The van der Waals surface area contributed by atoms with E-state index in [1.807, 2.05) is 13.8 Å². The number of hydrogen-bond acceptors (Lipinski definition) is 3. The topological polar surface area (TPSA) is 27.7 Å². The minimum atomic E-state index is -1.20. The van der Waals surface area contributed by atoms with Crippen molar-refractivity contribution in [2.45, 2.75) is 78.6 Å². The monoisotopic (exact) mass is 480 g/mol.